The van der Waals surface area contributed by atoms with Crippen molar-refractivity contribution in [2.45, 2.75) is 0 Å². The van der Waals surface area contributed by atoms with Gasteiger partial charge in [-0.3, -0.25) is 9.79 Å². The van der Waals surface area contributed by atoms with Crippen LogP contribution in [0, 0.1) is 0 Å². The third-order valence-electron chi connectivity index (χ3n) is 2.52. The highest BCUT2D eigenvalue weighted by Crippen LogP contribution is 2.28. The molecule has 0 aliphatic carbocycles. The summed E-state index contributed by atoms with van der Waals surface area (Å²) in [4.78, 5) is 19.1. The summed E-state index contributed by atoms with van der Waals surface area (Å²) in [6, 6.07) is 5.69. The van der Waals surface area contributed by atoms with Gasteiger partial charge in [-0.2, -0.15) is 0 Å². The summed E-state index contributed by atoms with van der Waals surface area (Å²) in [5.74, 6) is -0.0623. The summed E-state index contributed by atoms with van der Waals surface area (Å²) in [6.45, 7) is 0.486. The minimum absolute atomic E-state index is 0.0623. The van der Waals surface area contributed by atoms with Gasteiger partial charge in [-0.1, -0.05) is 0 Å². The number of nitrogens with zero attached hydrogens (tertiary/aromatic N) is 1. The van der Waals surface area contributed by atoms with E-state index in [1.807, 2.05) is 24.4 Å². The van der Waals surface area contributed by atoms with E-state index < -0.39 is 0 Å². The fourth-order valence-electron chi connectivity index (χ4n) is 1.84. The van der Waals surface area contributed by atoms with Crippen LogP contribution in [0.1, 0.15) is 10.4 Å². The van der Waals surface area contributed by atoms with Crippen molar-refractivity contribution >= 4 is 28.7 Å². The summed E-state index contributed by atoms with van der Waals surface area (Å²) in [6.07, 6.45) is 3.54. The highest BCUT2D eigenvalue weighted by Gasteiger charge is 2.16. The normalized spacial score (nSPS) is 14.8. The monoisotopic (exact) mass is 199 g/mol. The van der Waals surface area contributed by atoms with E-state index in [9.17, 15) is 4.79 Å². The zero-order chi connectivity index (χ0) is 10.3. The first kappa shape index (κ1) is 8.23. The minimum Gasteiger partial charge on any atom is -0.361 e. The Balaban J connectivity index is 2.40. The fraction of sp³-hybridized carbons (Fsp3) is 0.0909. The molecule has 74 valence electrons. The van der Waals surface area contributed by atoms with Gasteiger partial charge in [0.2, 0.25) is 0 Å². The molecule has 4 heteroatoms. The molecule has 2 heterocycles. The number of aromatic amines is 1. The number of hydrogen-bond acceptors (Lipinski definition) is 2. The molecule has 4 nitrogen and oxygen atoms in total. The van der Waals surface area contributed by atoms with Crippen molar-refractivity contribution < 1.29 is 4.79 Å². The number of carbonyl (C=O) groups excluding carboxylic acids is 1. The first-order valence-electron chi connectivity index (χ1n) is 4.77. The highest BCUT2D eigenvalue weighted by atomic mass is 16.1. The first-order valence-corrected chi connectivity index (χ1v) is 4.77. The van der Waals surface area contributed by atoms with Crippen molar-refractivity contribution in [3.63, 3.8) is 0 Å². The molecule has 0 spiro atoms. The second-order valence-electron chi connectivity index (χ2n) is 3.42. The van der Waals surface area contributed by atoms with E-state index in [1.54, 1.807) is 6.21 Å². The lowest BCUT2D eigenvalue weighted by atomic mass is 10.1. The van der Waals surface area contributed by atoms with Crippen LogP contribution in [-0.2, 0) is 0 Å². The lowest BCUT2D eigenvalue weighted by Crippen LogP contribution is -2.23. The van der Waals surface area contributed by atoms with Crippen molar-refractivity contribution in [2.24, 2.45) is 4.99 Å². The van der Waals surface area contributed by atoms with Crippen molar-refractivity contribution in [3.05, 3.63) is 30.0 Å². The minimum atomic E-state index is -0.0623. The van der Waals surface area contributed by atoms with Gasteiger partial charge in [0.1, 0.15) is 0 Å². The molecule has 1 aliphatic rings. The Hall–Kier alpha value is -2.10. The van der Waals surface area contributed by atoms with Crippen molar-refractivity contribution in [1.29, 1.82) is 0 Å². The van der Waals surface area contributed by atoms with E-state index in [0.717, 1.165) is 16.6 Å². The third kappa shape index (κ3) is 1.15. The number of benzene rings is 1. The zero-order valence-corrected chi connectivity index (χ0v) is 7.95. The maximum absolute atomic E-state index is 11.8. The summed E-state index contributed by atoms with van der Waals surface area (Å²) in [7, 11) is 0. The highest BCUT2D eigenvalue weighted by molar-refractivity contribution is 6.12. The topological polar surface area (TPSA) is 57.2 Å². The Morgan fingerprint density at radius 2 is 2.20 bits per heavy atom. The van der Waals surface area contributed by atoms with E-state index in [1.165, 1.54) is 0 Å². The molecule has 2 N–H and O–H groups in total. The van der Waals surface area contributed by atoms with E-state index >= 15 is 0 Å². The van der Waals surface area contributed by atoms with Gasteiger partial charge in [0.25, 0.3) is 5.91 Å². The maximum Gasteiger partial charge on any atom is 0.254 e. The molecule has 1 aliphatic heterocycles. The lowest BCUT2D eigenvalue weighted by molar-refractivity contribution is 0.0963. The Morgan fingerprint density at radius 3 is 3.13 bits per heavy atom. The van der Waals surface area contributed by atoms with E-state index in [2.05, 4.69) is 15.3 Å². The second kappa shape index (κ2) is 2.95. The summed E-state index contributed by atoms with van der Waals surface area (Å²) < 4.78 is 0. The number of aliphatic imine (C=N–C) groups is 1. The predicted octanol–water partition coefficient (Wildman–Crippen LogP) is 1.61. The quantitative estimate of drug-likeness (QED) is 0.665. The van der Waals surface area contributed by atoms with Crippen LogP contribution in [0.4, 0.5) is 5.69 Å². The number of carbonyl (C=O) groups is 1. The number of amides is 1. The smallest absolute Gasteiger partial charge is 0.254 e. The molecule has 0 fully saturated rings. The van der Waals surface area contributed by atoms with Gasteiger partial charge >= 0.3 is 0 Å². The molecular weight excluding hydrogens is 190 g/mol. The number of aromatic nitrogens is 1. The van der Waals surface area contributed by atoms with E-state index in [4.69, 9.17) is 0 Å². The third-order valence-corrected chi connectivity index (χ3v) is 2.52. The molecule has 0 saturated heterocycles. The van der Waals surface area contributed by atoms with Crippen molar-refractivity contribution in [1.82, 2.24) is 10.3 Å². The van der Waals surface area contributed by atoms with Crippen LogP contribution in [-0.4, -0.2) is 23.7 Å². The predicted molar refractivity (Wildman–Crippen MR) is 58.8 cm³/mol. The summed E-state index contributed by atoms with van der Waals surface area (Å²) >= 11 is 0. The number of fused-ring (bicyclic) bond motifs is 3. The summed E-state index contributed by atoms with van der Waals surface area (Å²) in [5.41, 5.74) is 2.35. The molecule has 0 bridgehead atoms. The Morgan fingerprint density at radius 1 is 1.27 bits per heavy atom. The van der Waals surface area contributed by atoms with Crippen LogP contribution in [0.3, 0.4) is 0 Å². The molecule has 1 aromatic heterocycles. The lowest BCUT2D eigenvalue weighted by Gasteiger charge is -2.03. The maximum atomic E-state index is 11.8. The van der Waals surface area contributed by atoms with Crippen LogP contribution in [0.5, 0.6) is 0 Å². The standard InChI is InChI=1S/C11H9N3O/c15-11-10-7-3-4-12-8(7)1-2-9(10)13-5-6-14-11/h1-5,12H,6H2,(H,14,15). The number of rotatable bonds is 0. The van der Waals surface area contributed by atoms with Gasteiger partial charge in [-0.05, 0) is 18.2 Å². The summed E-state index contributed by atoms with van der Waals surface area (Å²) in [5, 5.41) is 3.70. The van der Waals surface area contributed by atoms with Gasteiger partial charge < -0.3 is 10.3 Å². The molecule has 0 saturated carbocycles. The van der Waals surface area contributed by atoms with Crippen LogP contribution >= 0.6 is 0 Å². The molecule has 3 rings (SSSR count). The average Bonchev–Trinajstić information content (AvgIpc) is 2.63. The Bertz CT molecular complexity index is 568. The van der Waals surface area contributed by atoms with Crippen LogP contribution in [0.2, 0.25) is 0 Å². The van der Waals surface area contributed by atoms with E-state index in [-0.39, 0.29) is 5.91 Å². The SMILES string of the molecule is O=C1NCC=Nc2ccc3[nH]ccc3c21. The molecule has 1 aromatic carbocycles. The van der Waals surface area contributed by atoms with Gasteiger partial charge in [0.15, 0.2) is 0 Å². The van der Waals surface area contributed by atoms with Crippen molar-refractivity contribution in [3.8, 4) is 0 Å². The fourth-order valence-corrected chi connectivity index (χ4v) is 1.84. The van der Waals surface area contributed by atoms with Gasteiger partial charge in [0, 0.05) is 23.3 Å². The molecule has 0 unspecified atom stereocenters. The van der Waals surface area contributed by atoms with Crippen LogP contribution in [0.25, 0.3) is 10.9 Å². The van der Waals surface area contributed by atoms with Gasteiger partial charge in [-0.15, -0.1) is 0 Å². The zero-order valence-electron chi connectivity index (χ0n) is 7.95. The average molecular weight is 199 g/mol. The molecule has 1 amide bonds. The number of hydrogen-bond donors (Lipinski definition) is 2. The van der Waals surface area contributed by atoms with E-state index in [0.29, 0.717) is 12.1 Å². The molecule has 0 radical (unpaired) electrons. The largest absolute Gasteiger partial charge is 0.361 e. The Labute approximate surface area is 86.0 Å². The number of H-pyrrole nitrogens is 1. The Kier molecular flexibility index (Phi) is 1.62. The molecular formula is C11H9N3O. The van der Waals surface area contributed by atoms with Gasteiger partial charge in [0.05, 0.1) is 17.8 Å². The number of nitrogens with one attached hydrogen (secondary N) is 2. The first-order chi connectivity index (χ1) is 7.36. The molecule has 15 heavy (non-hydrogen) atoms. The van der Waals surface area contributed by atoms with Gasteiger partial charge in [-0.25, -0.2) is 0 Å². The molecule has 2 aromatic rings. The molecule has 0 atom stereocenters. The van der Waals surface area contributed by atoms with Crippen LogP contribution in [0.15, 0.2) is 29.4 Å². The van der Waals surface area contributed by atoms with Crippen molar-refractivity contribution in [2.75, 3.05) is 6.54 Å². The van der Waals surface area contributed by atoms with Crippen LogP contribution < -0.4 is 5.32 Å². The second-order valence-corrected chi connectivity index (χ2v) is 3.42.